The lowest BCUT2D eigenvalue weighted by molar-refractivity contribution is 0.552. The zero-order valence-electron chi connectivity index (χ0n) is 11.7. The molecule has 1 aliphatic carbocycles. The fourth-order valence-electron chi connectivity index (χ4n) is 2.68. The van der Waals surface area contributed by atoms with E-state index in [1.807, 2.05) is 6.20 Å². The minimum absolute atomic E-state index is 0.696. The summed E-state index contributed by atoms with van der Waals surface area (Å²) in [5, 5.41) is 11.7. The summed E-state index contributed by atoms with van der Waals surface area (Å²) in [5.41, 5.74) is 1.24. The molecular formula is C14H17BrN6. The number of halogens is 1. The van der Waals surface area contributed by atoms with Crippen molar-refractivity contribution in [3.05, 3.63) is 34.5 Å². The van der Waals surface area contributed by atoms with Crippen LogP contribution in [0.5, 0.6) is 0 Å². The molecule has 2 aromatic heterocycles. The van der Waals surface area contributed by atoms with Crippen molar-refractivity contribution in [2.75, 3.05) is 11.4 Å². The summed E-state index contributed by atoms with van der Waals surface area (Å²) in [6.07, 6.45) is 6.26. The third-order valence-corrected chi connectivity index (χ3v) is 4.44. The second kappa shape index (κ2) is 5.38. The molecule has 3 heterocycles. The Kier molecular flexibility index (Phi) is 3.39. The lowest BCUT2D eigenvalue weighted by Crippen LogP contribution is -2.35. The van der Waals surface area contributed by atoms with Gasteiger partial charge in [-0.25, -0.2) is 4.98 Å². The highest BCUT2D eigenvalue weighted by atomic mass is 79.9. The first-order valence-electron chi connectivity index (χ1n) is 7.29. The number of fused-ring (bicyclic) bond motifs is 1. The van der Waals surface area contributed by atoms with Crippen molar-refractivity contribution in [1.29, 1.82) is 0 Å². The SMILES string of the molecule is Brc1cnc(N2CCn3cnnc3C2)c(CNC2CC2)c1. The second-order valence-electron chi connectivity index (χ2n) is 5.65. The summed E-state index contributed by atoms with van der Waals surface area (Å²) < 4.78 is 3.14. The van der Waals surface area contributed by atoms with Crippen LogP contribution in [0.3, 0.4) is 0 Å². The van der Waals surface area contributed by atoms with Crippen molar-refractivity contribution in [3.63, 3.8) is 0 Å². The van der Waals surface area contributed by atoms with E-state index in [1.165, 1.54) is 18.4 Å². The maximum atomic E-state index is 4.64. The Balaban J connectivity index is 1.58. The molecule has 0 aromatic carbocycles. The van der Waals surface area contributed by atoms with Crippen LogP contribution in [0, 0.1) is 0 Å². The lowest BCUT2D eigenvalue weighted by Gasteiger charge is -2.29. The Morgan fingerprint density at radius 2 is 2.24 bits per heavy atom. The van der Waals surface area contributed by atoms with Gasteiger partial charge in [-0.3, -0.25) is 0 Å². The van der Waals surface area contributed by atoms with Crippen LogP contribution in [0.25, 0.3) is 0 Å². The van der Waals surface area contributed by atoms with Crippen molar-refractivity contribution in [2.24, 2.45) is 0 Å². The molecule has 1 N–H and O–H groups in total. The number of anilines is 1. The monoisotopic (exact) mass is 348 g/mol. The number of nitrogens with one attached hydrogen (secondary N) is 1. The smallest absolute Gasteiger partial charge is 0.152 e. The van der Waals surface area contributed by atoms with Gasteiger partial charge in [0.15, 0.2) is 5.82 Å². The first-order valence-corrected chi connectivity index (χ1v) is 8.08. The Labute approximate surface area is 131 Å². The average Bonchev–Trinajstić information content (AvgIpc) is 3.20. The van der Waals surface area contributed by atoms with Gasteiger partial charge >= 0.3 is 0 Å². The summed E-state index contributed by atoms with van der Waals surface area (Å²) in [6.45, 7) is 3.49. The van der Waals surface area contributed by atoms with E-state index in [2.05, 4.69) is 52.0 Å². The minimum Gasteiger partial charge on any atom is -0.347 e. The van der Waals surface area contributed by atoms with Gasteiger partial charge in [0.2, 0.25) is 0 Å². The number of nitrogens with zero attached hydrogens (tertiary/aromatic N) is 5. The van der Waals surface area contributed by atoms with Gasteiger partial charge < -0.3 is 14.8 Å². The molecule has 21 heavy (non-hydrogen) atoms. The van der Waals surface area contributed by atoms with Crippen LogP contribution >= 0.6 is 15.9 Å². The Morgan fingerprint density at radius 1 is 1.33 bits per heavy atom. The maximum Gasteiger partial charge on any atom is 0.152 e. The van der Waals surface area contributed by atoms with Gasteiger partial charge in [0.05, 0.1) is 6.54 Å². The van der Waals surface area contributed by atoms with E-state index in [-0.39, 0.29) is 0 Å². The van der Waals surface area contributed by atoms with Gasteiger partial charge in [-0.15, -0.1) is 10.2 Å². The van der Waals surface area contributed by atoms with Crippen LogP contribution in [0.15, 0.2) is 23.1 Å². The molecule has 6 nitrogen and oxygen atoms in total. The number of rotatable bonds is 4. The molecular weight excluding hydrogens is 332 g/mol. The standard InChI is InChI=1S/C14H17BrN6/c15-11-5-10(6-16-12-1-2-12)14(17-7-11)20-3-4-21-9-18-19-13(21)8-20/h5,7,9,12,16H,1-4,6,8H2. The second-order valence-corrected chi connectivity index (χ2v) is 6.57. The van der Waals surface area contributed by atoms with Crippen LogP contribution in [0.2, 0.25) is 0 Å². The number of hydrogen-bond donors (Lipinski definition) is 1. The molecule has 0 radical (unpaired) electrons. The van der Waals surface area contributed by atoms with Crippen molar-refractivity contribution in [1.82, 2.24) is 25.1 Å². The highest BCUT2D eigenvalue weighted by Gasteiger charge is 2.23. The van der Waals surface area contributed by atoms with Crippen molar-refractivity contribution >= 4 is 21.7 Å². The lowest BCUT2D eigenvalue weighted by atomic mass is 10.2. The predicted octanol–water partition coefficient (Wildman–Crippen LogP) is 1.71. The van der Waals surface area contributed by atoms with Crippen molar-refractivity contribution in [3.8, 4) is 0 Å². The quantitative estimate of drug-likeness (QED) is 0.911. The molecule has 1 fully saturated rings. The Bertz CT molecular complexity index is 651. The average molecular weight is 349 g/mol. The normalized spacial score (nSPS) is 17.9. The number of hydrogen-bond acceptors (Lipinski definition) is 5. The predicted molar refractivity (Wildman–Crippen MR) is 82.9 cm³/mol. The third kappa shape index (κ3) is 2.80. The molecule has 1 saturated carbocycles. The Morgan fingerprint density at radius 3 is 3.10 bits per heavy atom. The molecule has 7 heteroatoms. The van der Waals surface area contributed by atoms with Crippen LogP contribution in [-0.2, 0) is 19.6 Å². The third-order valence-electron chi connectivity index (χ3n) is 4.01. The largest absolute Gasteiger partial charge is 0.347 e. The molecule has 0 atom stereocenters. The van der Waals surface area contributed by atoms with Crippen LogP contribution < -0.4 is 10.2 Å². The van der Waals surface area contributed by atoms with Gasteiger partial charge in [0.25, 0.3) is 0 Å². The summed E-state index contributed by atoms with van der Waals surface area (Å²) in [5.74, 6) is 2.06. The summed E-state index contributed by atoms with van der Waals surface area (Å²) >= 11 is 3.53. The fraction of sp³-hybridized carbons (Fsp3) is 0.500. The topological polar surface area (TPSA) is 58.9 Å². The van der Waals surface area contributed by atoms with E-state index >= 15 is 0 Å². The zero-order chi connectivity index (χ0) is 14.2. The molecule has 2 aliphatic rings. The Hall–Kier alpha value is -1.47. The first kappa shape index (κ1) is 13.2. The summed E-state index contributed by atoms with van der Waals surface area (Å²) in [6, 6.07) is 2.86. The van der Waals surface area contributed by atoms with Gasteiger partial charge in [-0.1, -0.05) is 0 Å². The minimum atomic E-state index is 0.696. The van der Waals surface area contributed by atoms with Gasteiger partial charge in [-0.2, -0.15) is 0 Å². The summed E-state index contributed by atoms with van der Waals surface area (Å²) in [4.78, 5) is 6.93. The highest BCUT2D eigenvalue weighted by Crippen LogP contribution is 2.26. The zero-order valence-corrected chi connectivity index (χ0v) is 13.3. The van der Waals surface area contributed by atoms with Gasteiger partial charge in [-0.05, 0) is 34.8 Å². The van der Waals surface area contributed by atoms with E-state index in [1.54, 1.807) is 6.33 Å². The number of aromatic nitrogens is 4. The maximum absolute atomic E-state index is 4.64. The molecule has 0 bridgehead atoms. The fourth-order valence-corrected chi connectivity index (χ4v) is 3.06. The highest BCUT2D eigenvalue weighted by molar-refractivity contribution is 9.10. The van der Waals surface area contributed by atoms with E-state index in [0.29, 0.717) is 6.04 Å². The number of pyridine rings is 1. The first-order chi connectivity index (χ1) is 10.3. The molecule has 0 saturated heterocycles. The van der Waals surface area contributed by atoms with Crippen LogP contribution in [0.1, 0.15) is 24.2 Å². The van der Waals surface area contributed by atoms with Gasteiger partial charge in [0, 0.05) is 41.9 Å². The van der Waals surface area contributed by atoms with Crippen LogP contribution in [-0.4, -0.2) is 32.3 Å². The molecule has 4 rings (SSSR count). The molecule has 110 valence electrons. The van der Waals surface area contributed by atoms with E-state index < -0.39 is 0 Å². The van der Waals surface area contributed by atoms with Gasteiger partial charge in [0.1, 0.15) is 12.1 Å². The van der Waals surface area contributed by atoms with Crippen molar-refractivity contribution < 1.29 is 0 Å². The molecule has 0 amide bonds. The van der Waals surface area contributed by atoms with Crippen LogP contribution in [0.4, 0.5) is 5.82 Å². The van der Waals surface area contributed by atoms with E-state index in [0.717, 1.165) is 42.3 Å². The van der Waals surface area contributed by atoms with E-state index in [4.69, 9.17) is 0 Å². The summed E-state index contributed by atoms with van der Waals surface area (Å²) in [7, 11) is 0. The van der Waals surface area contributed by atoms with Crippen molar-refractivity contribution in [2.45, 2.75) is 38.5 Å². The molecule has 0 unspecified atom stereocenters. The molecule has 2 aromatic rings. The molecule has 0 spiro atoms. The van der Waals surface area contributed by atoms with E-state index in [9.17, 15) is 0 Å². The molecule has 1 aliphatic heterocycles.